The second kappa shape index (κ2) is 27.6. The van der Waals surface area contributed by atoms with Crippen molar-refractivity contribution in [2.75, 3.05) is 83.8 Å². The number of para-hydroxylation sites is 1. The van der Waals surface area contributed by atoms with Crippen LogP contribution < -0.4 is 42.6 Å². The molecule has 1 aromatic heterocycles. The van der Waals surface area contributed by atoms with Gasteiger partial charge in [-0.15, -0.1) is 0 Å². The molecule has 0 radical (unpaired) electrons. The van der Waals surface area contributed by atoms with Gasteiger partial charge in [0.15, 0.2) is 17.3 Å². The van der Waals surface area contributed by atoms with Crippen LogP contribution >= 0.6 is 21.6 Å². The predicted octanol–water partition coefficient (Wildman–Crippen LogP) is 4.46. The third kappa shape index (κ3) is 12.9. The molecule has 3 aromatic rings. The van der Waals surface area contributed by atoms with Crippen molar-refractivity contribution in [3.63, 3.8) is 0 Å². The molecule has 90 heavy (non-hydrogen) atoms. The number of guanidine groups is 1. The number of aromatic amines is 1. The number of piperidine rings is 1. The quantitative estimate of drug-likeness (QED) is 0.0101. The molecule has 6 heterocycles. The van der Waals surface area contributed by atoms with Gasteiger partial charge in [-0.1, -0.05) is 79.6 Å². The summed E-state index contributed by atoms with van der Waals surface area (Å²) >= 11 is 0. The molecule has 4 amide bonds. The van der Waals surface area contributed by atoms with Gasteiger partial charge in [0.05, 0.1) is 30.2 Å². The van der Waals surface area contributed by atoms with Gasteiger partial charge in [-0.05, 0) is 114 Å². The predicted molar refractivity (Wildman–Crippen MR) is 349 cm³/mol. The summed E-state index contributed by atoms with van der Waals surface area (Å²) in [4.78, 5) is 94.9. The number of rotatable bonds is 26. The lowest BCUT2D eigenvalue weighted by molar-refractivity contribution is -0.204. The third-order valence-corrected chi connectivity index (χ3v) is 23.8. The number of hydrogen-bond donors (Lipinski definition) is 10. The van der Waals surface area contributed by atoms with Crippen molar-refractivity contribution >= 4 is 80.2 Å². The molecule has 2 saturated heterocycles. The van der Waals surface area contributed by atoms with E-state index in [1.165, 1.54) is 21.6 Å². The van der Waals surface area contributed by atoms with Crippen molar-refractivity contribution in [2.24, 2.45) is 39.6 Å². The Labute approximate surface area is 536 Å². The first-order valence-electron chi connectivity index (χ1n) is 31.9. The Morgan fingerprint density at radius 3 is 2.48 bits per heavy atom. The second-order valence-corrected chi connectivity index (χ2v) is 29.8. The average molecular weight is 1290 g/mol. The fourth-order valence-corrected chi connectivity index (χ4v) is 18.5. The van der Waals surface area contributed by atoms with E-state index in [-0.39, 0.29) is 61.6 Å². The summed E-state index contributed by atoms with van der Waals surface area (Å²) in [7, 11) is 6.31. The maximum atomic E-state index is 15.2. The standard InChI is InChI=1S/C65H95N11O12S2/c1-10-42(17-15-23-68-58(66)67)53(80)70-40(5)49(78)29-39(4)52(79)69-35-60(6,7)90-89-28-27-88-59(83)73-72-57(82)65(85)55-64(22-26-76-24-16-21-62(12-3,54(64)76)56(65)81)45-30-46(50(86-9)31-48(45)74(55)8)63(37-87-38-77)33-41-32-61(84,11-2)36-75(34-41)25-20-44-43-18-13-14-19-47(43)71-51(44)63/h13-14,16,18-19,21,30-31,38-42,54-56,71,81,84-85H,10-12,15,17,20,22-29,32-37H2,1-9H3,(H,69,79)(H,70,80)(H,72,82)(H,73,83)(H4,66,67,68)/t39-,40+,41-,42+,54+,55-,56-,61+,62-,63+,64-,65+/m1/s1. The molecular weight excluding hydrogens is 1190 g/mol. The number of carbonyl (C=O) groups is 6. The number of carbonyl (C=O) groups excluding carboxylic acids is 6. The number of anilines is 1. The highest BCUT2D eigenvalue weighted by molar-refractivity contribution is 8.77. The number of fused-ring (bicyclic) bond motifs is 6. The van der Waals surface area contributed by atoms with E-state index in [0.717, 1.165) is 39.8 Å². The molecule has 5 aliphatic heterocycles. The van der Waals surface area contributed by atoms with Crippen LogP contribution in [0, 0.1) is 23.2 Å². The maximum absolute atomic E-state index is 15.2. The summed E-state index contributed by atoms with van der Waals surface area (Å²) in [5.74, 6) is -1.98. The zero-order chi connectivity index (χ0) is 65.1. The molecule has 23 nitrogen and oxygen atoms in total. The number of hydrazine groups is 1. The van der Waals surface area contributed by atoms with Gasteiger partial charge in [-0.2, -0.15) is 0 Å². The summed E-state index contributed by atoms with van der Waals surface area (Å²) in [6.07, 6.45) is 6.12. The van der Waals surface area contributed by atoms with Gasteiger partial charge in [0, 0.05) is 126 Å². The number of aliphatic imine (C=N–C) groups is 1. The number of aromatic nitrogens is 1. The van der Waals surface area contributed by atoms with Crippen LogP contribution in [0.2, 0.25) is 0 Å². The molecule has 12 N–H and O–H groups in total. The Morgan fingerprint density at radius 1 is 1.00 bits per heavy atom. The van der Waals surface area contributed by atoms with Crippen LogP contribution in [0.4, 0.5) is 10.5 Å². The number of likely N-dealkylation sites (N-methyl/N-ethyl adjacent to an activating group) is 1. The van der Waals surface area contributed by atoms with Crippen LogP contribution in [0.3, 0.4) is 0 Å². The number of aliphatic hydroxyl groups excluding tert-OH is 1. The van der Waals surface area contributed by atoms with E-state index in [9.17, 15) is 39.3 Å². The summed E-state index contributed by atoms with van der Waals surface area (Å²) in [5, 5.41) is 45.5. The molecule has 1 unspecified atom stereocenters. The summed E-state index contributed by atoms with van der Waals surface area (Å²) < 4.78 is 17.5. The number of methoxy groups -OCH3 is 1. The number of nitrogens with zero attached hydrogens (tertiary/aromatic N) is 4. The van der Waals surface area contributed by atoms with Crippen LogP contribution in [0.15, 0.2) is 53.5 Å². The number of ketones is 1. The minimum Gasteiger partial charge on any atom is -0.496 e. The largest absolute Gasteiger partial charge is 0.496 e. The van der Waals surface area contributed by atoms with Crippen LogP contribution in [0.5, 0.6) is 5.75 Å². The second-order valence-electron chi connectivity index (χ2n) is 26.7. The fourth-order valence-electron chi connectivity index (χ4n) is 16.3. The molecule has 25 heteroatoms. The molecule has 3 fully saturated rings. The molecule has 6 aliphatic rings. The topological polar surface area (TPSA) is 329 Å². The minimum atomic E-state index is -2.55. The number of aliphatic hydroxyl groups is 3. The van der Waals surface area contributed by atoms with E-state index in [1.807, 2.05) is 76.9 Å². The van der Waals surface area contributed by atoms with Crippen molar-refractivity contribution in [1.29, 1.82) is 0 Å². The van der Waals surface area contributed by atoms with Crippen LogP contribution in [0.25, 0.3) is 10.9 Å². The lowest BCUT2D eigenvalue weighted by Crippen LogP contribution is -2.82. The number of ether oxygens (including phenoxy) is 3. The molecule has 494 valence electrons. The Bertz CT molecular complexity index is 3220. The summed E-state index contributed by atoms with van der Waals surface area (Å²) in [6.45, 7) is 17.3. The van der Waals surface area contributed by atoms with Crippen molar-refractivity contribution in [2.45, 2.75) is 164 Å². The molecule has 1 saturated carbocycles. The highest BCUT2D eigenvalue weighted by Crippen LogP contribution is 2.67. The number of hydrogen-bond acceptors (Lipinski definition) is 18. The first-order valence-corrected chi connectivity index (χ1v) is 34.2. The Morgan fingerprint density at radius 2 is 1.77 bits per heavy atom. The first-order chi connectivity index (χ1) is 42.8. The van der Waals surface area contributed by atoms with Gasteiger partial charge < -0.3 is 61.5 Å². The van der Waals surface area contributed by atoms with Gasteiger partial charge in [-0.25, -0.2) is 10.2 Å². The van der Waals surface area contributed by atoms with Crippen LogP contribution in [-0.2, 0) is 50.7 Å². The fraction of sp³-hybridized carbons (Fsp3) is 0.646. The van der Waals surface area contributed by atoms with Gasteiger partial charge >= 0.3 is 6.09 Å². The van der Waals surface area contributed by atoms with E-state index in [0.29, 0.717) is 114 Å². The molecule has 1 aliphatic carbocycles. The number of nitrogens with two attached hydrogens (primary N) is 2. The number of nitrogens with one attached hydrogen (secondary N) is 5. The van der Waals surface area contributed by atoms with Crippen molar-refractivity contribution in [3.8, 4) is 5.75 Å². The SMILES string of the molecule is CC[C@@H](CCCN=C(N)N)C(=O)N[C@@H](C)C(=O)C[C@@H](C)C(=O)NCC(C)(C)SSCCOC(=O)NNC(=O)[C@@]1(O)[C@H](O)[C@]2(CC)C=CCN3CC[C@@]4(c5cc([C@@]6(COC=O)C[C@@H]7CN(CCc8c6[nH]c6ccccc86)C[C@](O)(CC)C7)c(OC)cc5N(C)[C@@H]14)[C@@H]32. The van der Waals surface area contributed by atoms with E-state index >= 15 is 4.79 Å². The number of Topliss-reactive ketones (excluding diaryl/α,β-unsaturated/α-hetero) is 1. The third-order valence-electron chi connectivity index (χ3n) is 20.5. The average Bonchev–Trinajstić information content (AvgIpc) is 1.44. The first kappa shape index (κ1) is 68.3. The number of H-pyrrole nitrogens is 1. The summed E-state index contributed by atoms with van der Waals surface area (Å²) in [6, 6.07) is 10.0. The van der Waals surface area contributed by atoms with Crippen molar-refractivity contribution < 1.29 is 58.3 Å². The highest BCUT2D eigenvalue weighted by atomic mass is 33.1. The molecule has 1 spiro atoms. The van der Waals surface area contributed by atoms with Gasteiger partial charge in [-0.3, -0.25) is 44.2 Å². The Kier molecular flexibility index (Phi) is 21.0. The maximum Gasteiger partial charge on any atom is 0.426 e. The minimum absolute atomic E-state index is 0.00711. The molecule has 2 bridgehead atoms. The van der Waals surface area contributed by atoms with E-state index in [1.54, 1.807) is 21.0 Å². The van der Waals surface area contributed by atoms with E-state index < -0.39 is 74.3 Å². The normalized spacial score (nSPS) is 29.3. The van der Waals surface area contributed by atoms with Gasteiger partial charge in [0.1, 0.15) is 25.1 Å². The smallest absolute Gasteiger partial charge is 0.426 e. The number of amides is 4. The number of benzene rings is 2. The van der Waals surface area contributed by atoms with Crippen LogP contribution in [0.1, 0.15) is 129 Å². The molecule has 2 aromatic carbocycles. The lowest BCUT2D eigenvalue weighted by atomic mass is 9.47. The van der Waals surface area contributed by atoms with Crippen molar-refractivity contribution in [1.82, 2.24) is 36.3 Å². The zero-order valence-electron chi connectivity index (χ0n) is 53.7. The zero-order valence-corrected chi connectivity index (χ0v) is 55.3. The molecule has 9 rings (SSSR count). The van der Waals surface area contributed by atoms with Crippen LogP contribution in [-0.4, -0.2) is 191 Å². The Hall–Kier alpha value is -6.09. The lowest BCUT2D eigenvalue weighted by Gasteiger charge is -2.63. The van der Waals surface area contributed by atoms with Gasteiger partial charge in [0.2, 0.25) is 11.8 Å². The van der Waals surface area contributed by atoms with E-state index in [2.05, 4.69) is 59.5 Å². The highest BCUT2D eigenvalue weighted by Gasteiger charge is 2.79. The van der Waals surface area contributed by atoms with Crippen molar-refractivity contribution in [3.05, 3.63) is 70.9 Å². The van der Waals surface area contributed by atoms with E-state index in [4.69, 9.17) is 25.7 Å². The molecule has 13 atom stereocenters. The monoisotopic (exact) mass is 1290 g/mol. The van der Waals surface area contributed by atoms with Gasteiger partial charge in [0.25, 0.3) is 12.4 Å². The molecular formula is C65H95N11O12S2. The summed E-state index contributed by atoms with van der Waals surface area (Å²) in [5.41, 5.74) is 14.1. The Balaban J connectivity index is 0.891.